The second-order valence-electron chi connectivity index (χ2n) is 4.42. The molecule has 1 heterocycles. The fourth-order valence-electron chi connectivity index (χ4n) is 1.90. The van der Waals surface area contributed by atoms with Gasteiger partial charge in [0, 0.05) is 9.37 Å². The Bertz CT molecular complexity index is 800. The standard InChI is InChI=1S/C15H10BrN3O2S/c16-11-5-1-9(2-6-11)10-3-7-12(8-4-10)22-14-13(15(20)21)17-19-18-14/h1-8H,(H,20,21)(H,17,18,19). The number of carboxylic acid groups (broad SMARTS) is 1. The zero-order valence-corrected chi connectivity index (χ0v) is 13.6. The van der Waals surface area contributed by atoms with E-state index >= 15 is 0 Å². The molecule has 0 aliphatic heterocycles. The van der Waals surface area contributed by atoms with Gasteiger partial charge in [0.2, 0.25) is 5.69 Å². The molecule has 0 radical (unpaired) electrons. The number of nitrogens with zero attached hydrogens (tertiary/aromatic N) is 2. The van der Waals surface area contributed by atoms with Crippen molar-refractivity contribution in [3.8, 4) is 11.1 Å². The average molecular weight is 376 g/mol. The van der Waals surface area contributed by atoms with Crippen molar-refractivity contribution in [1.29, 1.82) is 0 Å². The van der Waals surface area contributed by atoms with Crippen molar-refractivity contribution >= 4 is 33.7 Å². The van der Waals surface area contributed by atoms with Gasteiger partial charge in [0.15, 0.2) is 5.03 Å². The number of carboxylic acids is 1. The predicted octanol–water partition coefficient (Wildman–Crippen LogP) is 4.08. The van der Waals surface area contributed by atoms with Gasteiger partial charge in [0.25, 0.3) is 0 Å². The van der Waals surface area contributed by atoms with Gasteiger partial charge >= 0.3 is 5.97 Å². The van der Waals surface area contributed by atoms with Crippen molar-refractivity contribution in [2.75, 3.05) is 0 Å². The summed E-state index contributed by atoms with van der Waals surface area (Å²) in [4.78, 5) is 11.9. The number of benzene rings is 2. The van der Waals surface area contributed by atoms with Crippen LogP contribution in [-0.2, 0) is 0 Å². The van der Waals surface area contributed by atoms with Gasteiger partial charge in [-0.05, 0) is 35.4 Å². The molecule has 0 amide bonds. The van der Waals surface area contributed by atoms with Gasteiger partial charge in [-0.25, -0.2) is 4.79 Å². The highest BCUT2D eigenvalue weighted by molar-refractivity contribution is 9.10. The summed E-state index contributed by atoms with van der Waals surface area (Å²) in [7, 11) is 0. The molecule has 5 nitrogen and oxygen atoms in total. The first-order valence-electron chi connectivity index (χ1n) is 6.31. The summed E-state index contributed by atoms with van der Waals surface area (Å²) in [6.07, 6.45) is 0. The Morgan fingerprint density at radius 1 is 1.00 bits per heavy atom. The van der Waals surface area contributed by atoms with E-state index in [-0.39, 0.29) is 5.69 Å². The number of carbonyl (C=O) groups is 1. The van der Waals surface area contributed by atoms with Crippen LogP contribution < -0.4 is 0 Å². The van der Waals surface area contributed by atoms with Crippen LogP contribution in [0.15, 0.2) is 62.9 Å². The number of hydrogen-bond donors (Lipinski definition) is 2. The average Bonchev–Trinajstić information content (AvgIpc) is 2.97. The maximum absolute atomic E-state index is 11.0. The molecule has 0 fully saturated rings. The summed E-state index contributed by atoms with van der Waals surface area (Å²) in [5, 5.41) is 19.2. The molecule has 0 spiro atoms. The fourth-order valence-corrected chi connectivity index (χ4v) is 2.98. The van der Waals surface area contributed by atoms with Crippen LogP contribution in [0.3, 0.4) is 0 Å². The number of rotatable bonds is 4. The van der Waals surface area contributed by atoms with Crippen molar-refractivity contribution < 1.29 is 9.90 Å². The summed E-state index contributed by atoms with van der Waals surface area (Å²) in [5.74, 6) is -1.09. The molecule has 0 unspecified atom stereocenters. The summed E-state index contributed by atoms with van der Waals surface area (Å²) < 4.78 is 1.04. The van der Waals surface area contributed by atoms with Crippen LogP contribution in [0, 0.1) is 0 Å². The Hall–Kier alpha value is -2.12. The monoisotopic (exact) mass is 375 g/mol. The van der Waals surface area contributed by atoms with Gasteiger partial charge in [0.05, 0.1) is 0 Å². The number of halogens is 1. The maximum atomic E-state index is 11.0. The minimum Gasteiger partial charge on any atom is -0.476 e. The van der Waals surface area contributed by atoms with Crippen molar-refractivity contribution in [3.05, 3.63) is 58.7 Å². The van der Waals surface area contributed by atoms with Gasteiger partial charge in [-0.15, -0.1) is 10.2 Å². The highest BCUT2D eigenvalue weighted by Gasteiger charge is 2.16. The highest BCUT2D eigenvalue weighted by Crippen LogP contribution is 2.30. The third kappa shape index (κ3) is 3.20. The second kappa shape index (κ2) is 6.33. The number of aromatic nitrogens is 3. The van der Waals surface area contributed by atoms with E-state index in [0.717, 1.165) is 20.5 Å². The van der Waals surface area contributed by atoms with Crippen LogP contribution in [0.25, 0.3) is 11.1 Å². The molecule has 0 saturated heterocycles. The van der Waals surface area contributed by atoms with E-state index in [2.05, 4.69) is 31.3 Å². The normalized spacial score (nSPS) is 10.6. The quantitative estimate of drug-likeness (QED) is 0.717. The lowest BCUT2D eigenvalue weighted by Crippen LogP contribution is -1.98. The largest absolute Gasteiger partial charge is 0.476 e. The van der Waals surface area contributed by atoms with Crippen molar-refractivity contribution in [1.82, 2.24) is 15.4 Å². The third-order valence-corrected chi connectivity index (χ3v) is 4.48. The predicted molar refractivity (Wildman–Crippen MR) is 87.0 cm³/mol. The summed E-state index contributed by atoms with van der Waals surface area (Å²) in [6, 6.07) is 15.9. The SMILES string of the molecule is O=C(O)c1n[nH]nc1Sc1ccc(-c2ccc(Br)cc2)cc1. The molecule has 0 atom stereocenters. The zero-order valence-electron chi connectivity index (χ0n) is 11.2. The Kier molecular flexibility index (Phi) is 4.26. The van der Waals surface area contributed by atoms with Crippen LogP contribution in [0.5, 0.6) is 0 Å². The van der Waals surface area contributed by atoms with E-state index in [1.54, 1.807) is 0 Å². The molecule has 3 rings (SSSR count). The van der Waals surface area contributed by atoms with Gasteiger partial charge in [-0.1, -0.05) is 52.0 Å². The molecular weight excluding hydrogens is 366 g/mol. The van der Waals surface area contributed by atoms with Gasteiger partial charge < -0.3 is 5.11 Å². The molecule has 3 aromatic rings. The van der Waals surface area contributed by atoms with Gasteiger partial charge in [-0.2, -0.15) is 5.21 Å². The van der Waals surface area contributed by atoms with Crippen LogP contribution in [0.1, 0.15) is 10.5 Å². The van der Waals surface area contributed by atoms with Crippen LogP contribution in [-0.4, -0.2) is 26.5 Å². The van der Waals surface area contributed by atoms with E-state index in [0.29, 0.717) is 5.03 Å². The Labute approximate surface area is 138 Å². The number of hydrogen-bond acceptors (Lipinski definition) is 4. The minimum absolute atomic E-state index is 0.0676. The molecule has 2 aromatic carbocycles. The molecule has 0 saturated carbocycles. The van der Waals surface area contributed by atoms with Crippen molar-refractivity contribution in [2.24, 2.45) is 0 Å². The molecule has 0 aliphatic carbocycles. The lowest BCUT2D eigenvalue weighted by Gasteiger charge is -2.04. The number of nitrogens with one attached hydrogen (secondary N) is 1. The number of aromatic amines is 1. The molecule has 7 heteroatoms. The Balaban J connectivity index is 1.81. The highest BCUT2D eigenvalue weighted by atomic mass is 79.9. The lowest BCUT2D eigenvalue weighted by molar-refractivity contribution is 0.0686. The molecule has 110 valence electrons. The molecule has 0 bridgehead atoms. The molecule has 2 N–H and O–H groups in total. The number of aromatic carboxylic acids is 1. The van der Waals surface area contributed by atoms with E-state index in [4.69, 9.17) is 5.11 Å². The van der Waals surface area contributed by atoms with E-state index in [9.17, 15) is 4.79 Å². The fraction of sp³-hybridized carbons (Fsp3) is 0. The van der Waals surface area contributed by atoms with E-state index < -0.39 is 5.97 Å². The third-order valence-electron chi connectivity index (χ3n) is 2.96. The maximum Gasteiger partial charge on any atom is 0.359 e. The summed E-state index contributed by atoms with van der Waals surface area (Å²) >= 11 is 4.68. The Morgan fingerprint density at radius 2 is 1.59 bits per heavy atom. The topological polar surface area (TPSA) is 78.9 Å². The molecular formula is C15H10BrN3O2S. The first kappa shape index (κ1) is 14.8. The first-order valence-corrected chi connectivity index (χ1v) is 7.92. The van der Waals surface area contributed by atoms with Gasteiger partial charge in [-0.3, -0.25) is 0 Å². The zero-order chi connectivity index (χ0) is 15.5. The smallest absolute Gasteiger partial charge is 0.359 e. The first-order chi connectivity index (χ1) is 10.6. The number of H-pyrrole nitrogens is 1. The van der Waals surface area contributed by atoms with Crippen LogP contribution >= 0.6 is 27.7 Å². The van der Waals surface area contributed by atoms with Crippen molar-refractivity contribution in [3.63, 3.8) is 0 Å². The summed E-state index contributed by atoms with van der Waals surface area (Å²) in [5.41, 5.74) is 2.14. The van der Waals surface area contributed by atoms with Crippen LogP contribution in [0.4, 0.5) is 0 Å². The van der Waals surface area contributed by atoms with E-state index in [1.165, 1.54) is 11.8 Å². The van der Waals surface area contributed by atoms with Crippen LogP contribution in [0.2, 0.25) is 0 Å². The second-order valence-corrected chi connectivity index (χ2v) is 6.39. The van der Waals surface area contributed by atoms with Gasteiger partial charge in [0.1, 0.15) is 0 Å². The Morgan fingerprint density at radius 3 is 2.18 bits per heavy atom. The lowest BCUT2D eigenvalue weighted by atomic mass is 10.1. The summed E-state index contributed by atoms with van der Waals surface area (Å²) in [6.45, 7) is 0. The molecule has 1 aromatic heterocycles. The molecule has 22 heavy (non-hydrogen) atoms. The van der Waals surface area contributed by atoms with E-state index in [1.807, 2.05) is 48.5 Å². The van der Waals surface area contributed by atoms with Crippen molar-refractivity contribution in [2.45, 2.75) is 9.92 Å². The molecule has 0 aliphatic rings. The minimum atomic E-state index is -1.09.